The molecule has 13 heteroatoms. The van der Waals surface area contributed by atoms with Gasteiger partial charge in [0.15, 0.2) is 0 Å². The van der Waals surface area contributed by atoms with Crippen LogP contribution in [0.1, 0.15) is 26.3 Å². The van der Waals surface area contributed by atoms with E-state index in [2.05, 4.69) is 28.5 Å². The Labute approximate surface area is 209 Å². The summed E-state index contributed by atoms with van der Waals surface area (Å²) in [4.78, 5) is 32.8. The normalized spacial score (nSPS) is 16.3. The molecule has 0 aliphatic carbocycles. The summed E-state index contributed by atoms with van der Waals surface area (Å²) in [6, 6.07) is 7.73. The van der Waals surface area contributed by atoms with Gasteiger partial charge in [0.2, 0.25) is 0 Å². The lowest BCUT2D eigenvalue weighted by molar-refractivity contribution is -0.123. The van der Waals surface area contributed by atoms with Crippen LogP contribution in [0.3, 0.4) is 0 Å². The van der Waals surface area contributed by atoms with Crippen molar-refractivity contribution in [1.29, 1.82) is 0 Å². The predicted octanol–water partition coefficient (Wildman–Crippen LogP) is 5.80. The average Bonchev–Trinajstić information content (AvgIpc) is 2.91. The number of carbonyl (C=O) groups is 2. The maximum Gasteiger partial charge on any atom is 0.446 e. The summed E-state index contributed by atoms with van der Waals surface area (Å²) in [5.41, 5.74) is 1.63. The number of nitrogens with zero attached hydrogens (tertiary/aromatic N) is 3. The molecule has 1 aromatic heterocycles. The van der Waals surface area contributed by atoms with Gasteiger partial charge in [0.05, 0.1) is 5.69 Å². The molecule has 2 N–H and O–H groups in total. The number of amides is 3. The average molecular weight is 532 g/mol. The van der Waals surface area contributed by atoms with E-state index in [0.717, 1.165) is 10.6 Å². The van der Waals surface area contributed by atoms with Crippen LogP contribution in [0.2, 0.25) is 5.15 Å². The number of rotatable bonds is 7. The molecule has 0 bridgehead atoms. The number of benzene rings is 1. The minimum atomic E-state index is -4.43. The molecule has 0 radical (unpaired) electrons. The number of pyridine rings is 1. The Hall–Kier alpha value is -2.57. The van der Waals surface area contributed by atoms with Gasteiger partial charge in [-0.1, -0.05) is 11.6 Å². The third kappa shape index (κ3) is 5.91. The molecule has 7 nitrogen and oxygen atoms in total. The largest absolute Gasteiger partial charge is 0.446 e. The van der Waals surface area contributed by atoms with E-state index in [1.54, 1.807) is 38.3 Å². The van der Waals surface area contributed by atoms with E-state index in [4.69, 9.17) is 11.6 Å². The van der Waals surface area contributed by atoms with Crippen LogP contribution in [-0.4, -0.2) is 32.9 Å². The van der Waals surface area contributed by atoms with E-state index in [0.29, 0.717) is 11.4 Å². The van der Waals surface area contributed by atoms with Crippen LogP contribution in [0.25, 0.3) is 0 Å². The molecule has 0 spiro atoms. The number of halogens is 4. The minimum absolute atomic E-state index is 0.0467. The number of thioether (sulfide) groups is 1. The van der Waals surface area contributed by atoms with Gasteiger partial charge in [0, 0.05) is 17.1 Å². The number of aromatic nitrogens is 1. The summed E-state index contributed by atoms with van der Waals surface area (Å²) in [6.45, 7) is 5.04. The number of urea groups is 1. The van der Waals surface area contributed by atoms with E-state index in [1.807, 2.05) is 0 Å². The van der Waals surface area contributed by atoms with Crippen molar-refractivity contribution in [3.05, 3.63) is 58.2 Å². The van der Waals surface area contributed by atoms with Gasteiger partial charge in [-0.05, 0) is 79.9 Å². The summed E-state index contributed by atoms with van der Waals surface area (Å²) in [5.74, 6) is -0.106. The van der Waals surface area contributed by atoms with E-state index >= 15 is 0 Å². The molecule has 0 saturated carbocycles. The lowest BCUT2D eigenvalue weighted by atomic mass is 10.0. The van der Waals surface area contributed by atoms with Crippen molar-refractivity contribution in [2.45, 2.75) is 43.3 Å². The van der Waals surface area contributed by atoms with Crippen molar-refractivity contribution in [3.63, 3.8) is 0 Å². The maximum atomic E-state index is 13.2. The summed E-state index contributed by atoms with van der Waals surface area (Å²) < 4.78 is 37.8. The fraction of sp³-hybridized carbons (Fsp3) is 0.286. The van der Waals surface area contributed by atoms with Crippen LogP contribution in [0, 0.1) is 0 Å². The predicted molar refractivity (Wildman–Crippen MR) is 130 cm³/mol. The van der Waals surface area contributed by atoms with Gasteiger partial charge < -0.3 is 10.3 Å². The second-order valence-electron chi connectivity index (χ2n) is 7.86. The Morgan fingerprint density at radius 1 is 1.24 bits per heavy atom. The zero-order chi connectivity index (χ0) is 25.3. The number of anilines is 2. The third-order valence-electron chi connectivity index (χ3n) is 4.93. The van der Waals surface area contributed by atoms with Crippen molar-refractivity contribution in [2.75, 3.05) is 10.3 Å². The highest BCUT2D eigenvalue weighted by Gasteiger charge is 2.51. The molecule has 0 atom stereocenters. The van der Waals surface area contributed by atoms with Gasteiger partial charge >= 0.3 is 11.5 Å². The zero-order valence-corrected chi connectivity index (χ0v) is 20.7. The van der Waals surface area contributed by atoms with Crippen LogP contribution < -0.4 is 15.8 Å². The molecule has 3 rings (SSSR count). The van der Waals surface area contributed by atoms with Crippen LogP contribution in [0.4, 0.5) is 29.5 Å². The summed E-state index contributed by atoms with van der Waals surface area (Å²) >= 11 is 9.90. The van der Waals surface area contributed by atoms with E-state index in [9.17, 15) is 22.8 Å². The molecular formula is C21H21ClF3N5O2S2. The summed E-state index contributed by atoms with van der Waals surface area (Å²) in [7, 11) is 0. The first-order chi connectivity index (χ1) is 15.8. The Bertz CT molecular complexity index is 1130. The fourth-order valence-electron chi connectivity index (χ4n) is 3.21. The smallest absolute Gasteiger partial charge is 0.305 e. The van der Waals surface area contributed by atoms with Gasteiger partial charge in [0.25, 0.3) is 5.91 Å². The quantitative estimate of drug-likeness (QED) is 0.138. The van der Waals surface area contributed by atoms with E-state index in [-0.39, 0.29) is 34.0 Å². The number of carbonyl (C=O) groups excluding carboxylic acids is 2. The first kappa shape index (κ1) is 26.0. The van der Waals surface area contributed by atoms with Gasteiger partial charge in [-0.25, -0.2) is 14.7 Å². The molecule has 34 heavy (non-hydrogen) atoms. The van der Waals surface area contributed by atoms with Gasteiger partial charge in [-0.15, -0.1) is 12.6 Å². The van der Waals surface area contributed by atoms with E-state index in [1.165, 1.54) is 29.2 Å². The fourth-order valence-corrected chi connectivity index (χ4v) is 4.04. The molecule has 0 unspecified atom stereocenters. The molecule has 1 fully saturated rings. The second-order valence-corrected chi connectivity index (χ2v) is 9.64. The lowest BCUT2D eigenvalue weighted by Crippen LogP contribution is -2.43. The van der Waals surface area contributed by atoms with Crippen molar-refractivity contribution in [3.8, 4) is 0 Å². The molecule has 3 amide bonds. The highest BCUT2D eigenvalue weighted by molar-refractivity contribution is 8.00. The monoisotopic (exact) mass is 531 g/mol. The number of hydrogen-bond acceptors (Lipinski definition) is 7. The third-order valence-corrected chi connectivity index (χ3v) is 6.25. The van der Waals surface area contributed by atoms with Crippen LogP contribution >= 0.6 is 36.0 Å². The standard InChI is InChI=1S/C21H21ClF3N5O2S2/c1-12(11-33)27-28-17-9-13(8-16(22)26-17)10-29-19(32)30(18(31)20(29,2)3)14-4-6-15(7-5-14)34-21(23,24)25/h4-9,11,27,33H,10H2,1-3H3,(H,26,28)/b12-11-. The number of hydrogen-bond donors (Lipinski definition) is 3. The summed E-state index contributed by atoms with van der Waals surface area (Å²) in [5, 5.41) is 1.73. The Morgan fingerprint density at radius 3 is 2.47 bits per heavy atom. The van der Waals surface area contributed by atoms with Gasteiger partial charge in [-0.2, -0.15) is 13.2 Å². The van der Waals surface area contributed by atoms with E-state index < -0.39 is 23.0 Å². The van der Waals surface area contributed by atoms with Crippen molar-refractivity contribution in [1.82, 2.24) is 15.3 Å². The first-order valence-electron chi connectivity index (χ1n) is 9.83. The zero-order valence-electron chi connectivity index (χ0n) is 18.3. The number of allylic oxidation sites excluding steroid dienone is 1. The molecule has 2 aromatic rings. The van der Waals surface area contributed by atoms with Gasteiger partial charge in [0.1, 0.15) is 16.5 Å². The summed E-state index contributed by atoms with van der Waals surface area (Å²) in [6.07, 6.45) is 0. The van der Waals surface area contributed by atoms with Crippen molar-refractivity contribution >= 4 is 59.4 Å². The number of alkyl halides is 3. The minimum Gasteiger partial charge on any atom is -0.305 e. The highest BCUT2D eigenvalue weighted by atomic mass is 35.5. The van der Waals surface area contributed by atoms with Crippen LogP contribution in [-0.2, 0) is 11.3 Å². The molecule has 1 saturated heterocycles. The lowest BCUT2D eigenvalue weighted by Gasteiger charge is -2.28. The van der Waals surface area contributed by atoms with Gasteiger partial charge in [-0.3, -0.25) is 10.2 Å². The van der Waals surface area contributed by atoms with Crippen molar-refractivity contribution < 1.29 is 22.8 Å². The van der Waals surface area contributed by atoms with Crippen molar-refractivity contribution in [2.24, 2.45) is 0 Å². The molecule has 1 aliphatic heterocycles. The number of imide groups is 1. The van der Waals surface area contributed by atoms with Crippen LogP contribution in [0.15, 0.2) is 52.4 Å². The molecule has 1 aromatic carbocycles. The molecule has 1 aliphatic rings. The molecular weight excluding hydrogens is 511 g/mol. The Kier molecular flexibility index (Phi) is 7.63. The number of hydrazine groups is 1. The maximum absolute atomic E-state index is 13.2. The Balaban J connectivity index is 1.83. The molecule has 2 heterocycles. The second kappa shape index (κ2) is 9.96. The number of thiol groups is 1. The van der Waals surface area contributed by atoms with Crippen LogP contribution in [0.5, 0.6) is 0 Å². The highest BCUT2D eigenvalue weighted by Crippen LogP contribution is 2.39. The topological polar surface area (TPSA) is 77.6 Å². The first-order valence-corrected chi connectivity index (χ1v) is 11.5. The SMILES string of the molecule is C/C(=C/S)NNc1cc(CN2C(=O)N(c3ccc(SC(F)(F)F)cc3)C(=O)C2(C)C)cc(Cl)n1. The molecule has 182 valence electrons. The Morgan fingerprint density at radius 2 is 1.88 bits per heavy atom. The number of nitrogens with one attached hydrogen (secondary N) is 2.